The van der Waals surface area contributed by atoms with Gasteiger partial charge >= 0.3 is 0 Å². The minimum absolute atomic E-state index is 0.0383. The van der Waals surface area contributed by atoms with Gasteiger partial charge in [-0.3, -0.25) is 4.79 Å². The number of anilines is 1. The van der Waals surface area contributed by atoms with Crippen molar-refractivity contribution in [3.05, 3.63) is 54.1 Å². The second-order valence-electron chi connectivity index (χ2n) is 6.42. The van der Waals surface area contributed by atoms with Crippen molar-refractivity contribution in [3.8, 4) is 5.75 Å². The standard InChI is InChI=1S/C19H24N2O4S/c1-13(2)21-26(23,24)16-9-7-8-15(12-16)19(22)20-17-10-5-6-11-18(17)25-14(3)4/h5-14,21H,1-4H3,(H,20,22). The minimum Gasteiger partial charge on any atom is -0.489 e. The average molecular weight is 376 g/mol. The molecular formula is C19H24N2O4S. The van der Waals surface area contributed by atoms with Crippen molar-refractivity contribution in [2.24, 2.45) is 0 Å². The third-order valence-electron chi connectivity index (χ3n) is 3.30. The molecule has 6 nitrogen and oxygen atoms in total. The summed E-state index contributed by atoms with van der Waals surface area (Å²) < 4.78 is 32.8. The van der Waals surface area contributed by atoms with E-state index in [1.807, 2.05) is 19.9 Å². The summed E-state index contributed by atoms with van der Waals surface area (Å²) in [5.41, 5.74) is 0.774. The summed E-state index contributed by atoms with van der Waals surface area (Å²) in [5.74, 6) is 0.146. The summed E-state index contributed by atoms with van der Waals surface area (Å²) in [6.45, 7) is 7.27. The number of para-hydroxylation sites is 2. The van der Waals surface area contributed by atoms with Gasteiger partial charge in [0.1, 0.15) is 5.75 Å². The maximum absolute atomic E-state index is 12.6. The van der Waals surface area contributed by atoms with Gasteiger partial charge in [0.15, 0.2) is 0 Å². The Morgan fingerprint density at radius 3 is 2.35 bits per heavy atom. The molecule has 1 amide bonds. The highest BCUT2D eigenvalue weighted by Gasteiger charge is 2.18. The van der Waals surface area contributed by atoms with E-state index < -0.39 is 15.9 Å². The highest BCUT2D eigenvalue weighted by atomic mass is 32.2. The number of benzene rings is 2. The van der Waals surface area contributed by atoms with Gasteiger partial charge in [0.2, 0.25) is 10.0 Å². The van der Waals surface area contributed by atoms with Gasteiger partial charge < -0.3 is 10.1 Å². The number of hydrogen-bond donors (Lipinski definition) is 2. The monoisotopic (exact) mass is 376 g/mol. The molecule has 2 rings (SSSR count). The molecule has 140 valence electrons. The lowest BCUT2D eigenvalue weighted by atomic mass is 10.2. The molecular weight excluding hydrogens is 352 g/mol. The third-order valence-corrected chi connectivity index (χ3v) is 4.95. The molecule has 7 heteroatoms. The second kappa shape index (κ2) is 8.33. The van der Waals surface area contributed by atoms with E-state index in [2.05, 4.69) is 10.0 Å². The summed E-state index contributed by atoms with van der Waals surface area (Å²) >= 11 is 0. The molecule has 0 saturated heterocycles. The lowest BCUT2D eigenvalue weighted by molar-refractivity contribution is 0.102. The number of ether oxygens (including phenoxy) is 1. The molecule has 0 aliphatic carbocycles. The van der Waals surface area contributed by atoms with Gasteiger partial charge in [0.25, 0.3) is 5.91 Å². The summed E-state index contributed by atoms with van der Waals surface area (Å²) in [7, 11) is -3.67. The van der Waals surface area contributed by atoms with Crippen LogP contribution in [0.25, 0.3) is 0 Å². The summed E-state index contributed by atoms with van der Waals surface area (Å²) in [6, 6.07) is 12.8. The molecule has 0 spiro atoms. The van der Waals surface area contributed by atoms with Crippen molar-refractivity contribution in [2.75, 3.05) is 5.32 Å². The number of nitrogens with one attached hydrogen (secondary N) is 2. The highest BCUT2D eigenvalue weighted by Crippen LogP contribution is 2.25. The molecule has 0 aliphatic rings. The third kappa shape index (κ3) is 5.31. The Bertz CT molecular complexity index is 877. The number of carbonyl (C=O) groups excluding carboxylic acids is 1. The molecule has 2 aromatic carbocycles. The molecule has 0 heterocycles. The van der Waals surface area contributed by atoms with Crippen molar-refractivity contribution < 1.29 is 17.9 Å². The fraction of sp³-hybridized carbons (Fsp3) is 0.316. The molecule has 0 fully saturated rings. The lowest BCUT2D eigenvalue weighted by Crippen LogP contribution is -2.30. The van der Waals surface area contributed by atoms with Gasteiger partial charge in [-0.15, -0.1) is 0 Å². The van der Waals surface area contributed by atoms with Gasteiger partial charge in [-0.05, 0) is 58.0 Å². The van der Waals surface area contributed by atoms with E-state index >= 15 is 0 Å². The van der Waals surface area contributed by atoms with Gasteiger partial charge in [-0.25, -0.2) is 13.1 Å². The van der Waals surface area contributed by atoms with E-state index in [9.17, 15) is 13.2 Å². The maximum Gasteiger partial charge on any atom is 0.255 e. The summed E-state index contributed by atoms with van der Waals surface area (Å²) in [5, 5.41) is 2.77. The number of rotatable bonds is 7. The molecule has 0 aliphatic heterocycles. The first-order valence-corrected chi connectivity index (χ1v) is 9.87. The molecule has 0 aromatic heterocycles. The normalized spacial score (nSPS) is 11.6. The molecule has 2 N–H and O–H groups in total. The average Bonchev–Trinajstić information content (AvgIpc) is 2.55. The van der Waals surface area contributed by atoms with E-state index in [0.29, 0.717) is 11.4 Å². The van der Waals surface area contributed by atoms with Gasteiger partial charge in [0, 0.05) is 11.6 Å². The van der Waals surface area contributed by atoms with E-state index in [0.717, 1.165) is 0 Å². The van der Waals surface area contributed by atoms with Crippen LogP contribution in [0, 0.1) is 0 Å². The zero-order valence-corrected chi connectivity index (χ0v) is 16.1. The quantitative estimate of drug-likeness (QED) is 0.775. The SMILES string of the molecule is CC(C)NS(=O)(=O)c1cccc(C(=O)Nc2ccccc2OC(C)C)c1. The first kappa shape index (κ1) is 19.9. The fourth-order valence-corrected chi connectivity index (χ4v) is 3.60. The number of amides is 1. The predicted octanol–water partition coefficient (Wildman–Crippen LogP) is 3.41. The Hall–Kier alpha value is -2.38. The molecule has 26 heavy (non-hydrogen) atoms. The second-order valence-corrected chi connectivity index (χ2v) is 8.13. The van der Waals surface area contributed by atoms with Crippen LogP contribution in [0.2, 0.25) is 0 Å². The Morgan fingerprint density at radius 1 is 1.00 bits per heavy atom. The molecule has 2 aromatic rings. The minimum atomic E-state index is -3.67. The zero-order chi connectivity index (χ0) is 19.3. The summed E-state index contributed by atoms with van der Waals surface area (Å²) in [6.07, 6.45) is -0.0383. The van der Waals surface area contributed by atoms with Gasteiger partial charge in [-0.2, -0.15) is 0 Å². The maximum atomic E-state index is 12.6. The van der Waals surface area contributed by atoms with Crippen molar-refractivity contribution in [3.63, 3.8) is 0 Å². The van der Waals surface area contributed by atoms with Crippen LogP contribution < -0.4 is 14.8 Å². The number of hydrogen-bond acceptors (Lipinski definition) is 4. The largest absolute Gasteiger partial charge is 0.489 e. The van der Waals surface area contributed by atoms with E-state index in [1.54, 1.807) is 44.2 Å². The van der Waals surface area contributed by atoms with Crippen LogP contribution in [0.5, 0.6) is 5.75 Å². The van der Waals surface area contributed by atoms with E-state index in [4.69, 9.17) is 4.74 Å². The fourth-order valence-electron chi connectivity index (χ4n) is 2.30. The molecule has 0 bridgehead atoms. The summed E-state index contributed by atoms with van der Waals surface area (Å²) in [4.78, 5) is 12.6. The smallest absolute Gasteiger partial charge is 0.255 e. The topological polar surface area (TPSA) is 84.5 Å². The Balaban J connectivity index is 2.25. The van der Waals surface area contributed by atoms with Crippen LogP contribution in [-0.4, -0.2) is 26.5 Å². The van der Waals surface area contributed by atoms with Crippen LogP contribution in [-0.2, 0) is 10.0 Å². The molecule has 0 atom stereocenters. The van der Waals surface area contributed by atoms with Crippen LogP contribution >= 0.6 is 0 Å². The Labute approximate surface area is 154 Å². The van der Waals surface area contributed by atoms with E-state index in [-0.39, 0.29) is 22.6 Å². The van der Waals surface area contributed by atoms with Crippen molar-refractivity contribution >= 4 is 21.6 Å². The van der Waals surface area contributed by atoms with Crippen molar-refractivity contribution in [1.82, 2.24) is 4.72 Å². The van der Waals surface area contributed by atoms with Gasteiger partial charge in [-0.1, -0.05) is 18.2 Å². The molecule has 0 saturated carbocycles. The Kier molecular flexibility index (Phi) is 6.39. The van der Waals surface area contributed by atoms with Crippen molar-refractivity contribution in [2.45, 2.75) is 44.7 Å². The molecule has 0 unspecified atom stereocenters. The van der Waals surface area contributed by atoms with Crippen LogP contribution in [0.1, 0.15) is 38.1 Å². The highest BCUT2D eigenvalue weighted by molar-refractivity contribution is 7.89. The Morgan fingerprint density at radius 2 is 1.69 bits per heavy atom. The predicted molar refractivity (Wildman–Crippen MR) is 102 cm³/mol. The van der Waals surface area contributed by atoms with Crippen LogP contribution in [0.4, 0.5) is 5.69 Å². The number of carbonyl (C=O) groups is 1. The van der Waals surface area contributed by atoms with Crippen molar-refractivity contribution in [1.29, 1.82) is 0 Å². The van der Waals surface area contributed by atoms with Crippen LogP contribution in [0.3, 0.4) is 0 Å². The van der Waals surface area contributed by atoms with Gasteiger partial charge in [0.05, 0.1) is 16.7 Å². The number of sulfonamides is 1. The first-order valence-electron chi connectivity index (χ1n) is 8.38. The van der Waals surface area contributed by atoms with E-state index in [1.165, 1.54) is 12.1 Å². The first-order chi connectivity index (χ1) is 12.2. The van der Waals surface area contributed by atoms with Crippen LogP contribution in [0.15, 0.2) is 53.4 Å². The zero-order valence-electron chi connectivity index (χ0n) is 15.3. The molecule has 0 radical (unpaired) electrons. The lowest BCUT2D eigenvalue weighted by Gasteiger charge is -2.15.